The Kier molecular flexibility index (Phi) is 4.40. The lowest BCUT2D eigenvalue weighted by Gasteiger charge is -2.24. The minimum atomic E-state index is -3.05. The molecular formula is C14H15F2NO4. The molecule has 1 heterocycles. The quantitative estimate of drug-likeness (QED) is 0.925. The highest BCUT2D eigenvalue weighted by Gasteiger charge is 2.40. The summed E-state index contributed by atoms with van der Waals surface area (Å²) in [5, 5.41) is 9.22. The highest BCUT2D eigenvalue weighted by molar-refractivity contribution is 5.99. The van der Waals surface area contributed by atoms with Gasteiger partial charge in [-0.05, 0) is 24.5 Å². The van der Waals surface area contributed by atoms with Crippen LogP contribution in [0.2, 0.25) is 0 Å². The Bertz CT molecular complexity index is 550. The zero-order valence-corrected chi connectivity index (χ0v) is 11.3. The summed E-state index contributed by atoms with van der Waals surface area (Å²) in [6.07, 6.45) is 0.556. The van der Waals surface area contributed by atoms with Crippen molar-refractivity contribution >= 4 is 11.9 Å². The molecule has 1 aromatic rings. The van der Waals surface area contributed by atoms with Gasteiger partial charge in [-0.3, -0.25) is 4.79 Å². The van der Waals surface area contributed by atoms with Crippen LogP contribution in [0, 0.1) is 5.92 Å². The Morgan fingerprint density at radius 1 is 1.38 bits per heavy atom. The number of carbonyl (C=O) groups is 2. The van der Waals surface area contributed by atoms with Gasteiger partial charge in [0.25, 0.3) is 5.91 Å². The number of hydrogen-bond acceptors (Lipinski definition) is 3. The predicted octanol–water partition coefficient (Wildman–Crippen LogP) is 2.22. The van der Waals surface area contributed by atoms with Crippen LogP contribution in [-0.2, 0) is 4.79 Å². The van der Waals surface area contributed by atoms with Crippen molar-refractivity contribution in [3.8, 4) is 5.75 Å². The summed E-state index contributed by atoms with van der Waals surface area (Å²) in [6, 6.07) is 4.64. The third-order valence-electron chi connectivity index (χ3n) is 3.55. The number of aliphatic carboxylic acids is 1. The average molecular weight is 299 g/mol. The topological polar surface area (TPSA) is 66.8 Å². The summed E-state index contributed by atoms with van der Waals surface area (Å²) >= 11 is 0. The van der Waals surface area contributed by atoms with Gasteiger partial charge in [0.15, 0.2) is 0 Å². The predicted molar refractivity (Wildman–Crippen MR) is 69.3 cm³/mol. The number of benzene rings is 1. The van der Waals surface area contributed by atoms with Crippen molar-refractivity contribution in [2.45, 2.75) is 26.0 Å². The molecule has 2 unspecified atom stereocenters. The third-order valence-corrected chi connectivity index (χ3v) is 3.55. The van der Waals surface area contributed by atoms with Crippen molar-refractivity contribution in [2.24, 2.45) is 5.92 Å². The molecule has 0 radical (unpaired) electrons. The summed E-state index contributed by atoms with van der Waals surface area (Å²) in [6.45, 7) is -1.03. The Labute approximate surface area is 120 Å². The van der Waals surface area contributed by atoms with Crippen LogP contribution >= 0.6 is 0 Å². The van der Waals surface area contributed by atoms with Crippen LogP contribution in [0.3, 0.4) is 0 Å². The second kappa shape index (κ2) is 6.07. The fourth-order valence-electron chi connectivity index (χ4n) is 2.55. The third kappa shape index (κ3) is 3.12. The number of para-hydroxylation sites is 1. The van der Waals surface area contributed by atoms with Crippen LogP contribution in [0.15, 0.2) is 24.3 Å². The monoisotopic (exact) mass is 299 g/mol. The fourth-order valence-corrected chi connectivity index (χ4v) is 2.55. The minimum absolute atomic E-state index is 0.0573. The number of carboxylic acid groups (broad SMARTS) is 1. The molecule has 1 aliphatic heterocycles. The summed E-state index contributed by atoms with van der Waals surface area (Å²) < 4.78 is 29.1. The number of ether oxygens (including phenoxy) is 1. The number of carbonyl (C=O) groups excluding carboxylic acids is 1. The molecule has 1 N–H and O–H groups in total. The summed E-state index contributed by atoms with van der Waals surface area (Å²) in [7, 11) is 0. The number of halogens is 2. The van der Waals surface area contributed by atoms with Crippen molar-refractivity contribution in [3.63, 3.8) is 0 Å². The van der Waals surface area contributed by atoms with Crippen LogP contribution in [0.4, 0.5) is 8.78 Å². The first kappa shape index (κ1) is 15.2. The lowest BCUT2D eigenvalue weighted by atomic mass is 10.0. The van der Waals surface area contributed by atoms with E-state index in [-0.39, 0.29) is 23.8 Å². The largest absolute Gasteiger partial charge is 0.480 e. The van der Waals surface area contributed by atoms with Crippen LogP contribution in [0.5, 0.6) is 5.75 Å². The number of alkyl halides is 2. The Morgan fingerprint density at radius 3 is 2.67 bits per heavy atom. The minimum Gasteiger partial charge on any atom is -0.480 e. The van der Waals surface area contributed by atoms with Crippen LogP contribution in [0.1, 0.15) is 23.7 Å². The van der Waals surface area contributed by atoms with Crippen molar-refractivity contribution in [3.05, 3.63) is 29.8 Å². The maximum absolute atomic E-state index is 12.4. The van der Waals surface area contributed by atoms with Crippen LogP contribution in [-0.4, -0.2) is 41.1 Å². The van der Waals surface area contributed by atoms with Crippen molar-refractivity contribution < 1.29 is 28.2 Å². The second-order valence-electron chi connectivity index (χ2n) is 4.92. The van der Waals surface area contributed by atoms with Gasteiger partial charge < -0.3 is 14.7 Å². The van der Waals surface area contributed by atoms with Gasteiger partial charge in [-0.2, -0.15) is 8.78 Å². The smallest absolute Gasteiger partial charge is 0.387 e. The highest BCUT2D eigenvalue weighted by atomic mass is 19.3. The van der Waals surface area contributed by atoms with Gasteiger partial charge in [0.1, 0.15) is 11.8 Å². The molecule has 1 amide bonds. The van der Waals surface area contributed by atoms with E-state index in [0.29, 0.717) is 6.42 Å². The molecule has 5 nitrogen and oxygen atoms in total. The number of hydrogen-bond donors (Lipinski definition) is 1. The number of rotatable bonds is 4. The van der Waals surface area contributed by atoms with Crippen molar-refractivity contribution in [1.82, 2.24) is 4.90 Å². The van der Waals surface area contributed by atoms with Gasteiger partial charge in [-0.1, -0.05) is 19.1 Å². The SMILES string of the molecule is CC1CCN(C(=O)c2ccccc2OC(F)F)C1C(=O)O. The molecule has 0 saturated carbocycles. The fraction of sp³-hybridized carbons (Fsp3) is 0.429. The molecule has 0 aromatic heterocycles. The summed E-state index contributed by atoms with van der Waals surface area (Å²) in [4.78, 5) is 24.9. The van der Waals surface area contributed by atoms with E-state index >= 15 is 0 Å². The molecule has 1 aromatic carbocycles. The number of nitrogens with zero attached hydrogens (tertiary/aromatic N) is 1. The van der Waals surface area contributed by atoms with Gasteiger partial charge in [0, 0.05) is 6.54 Å². The lowest BCUT2D eigenvalue weighted by molar-refractivity contribution is -0.142. The molecular weight excluding hydrogens is 284 g/mol. The average Bonchev–Trinajstić information content (AvgIpc) is 2.80. The van der Waals surface area contributed by atoms with E-state index in [9.17, 15) is 23.5 Å². The van der Waals surface area contributed by atoms with Crippen LogP contribution in [0.25, 0.3) is 0 Å². The molecule has 1 fully saturated rings. The molecule has 1 aliphatic rings. The van der Waals surface area contributed by atoms with E-state index in [1.807, 2.05) is 0 Å². The summed E-state index contributed by atoms with van der Waals surface area (Å²) in [5.74, 6) is -2.14. The standard InChI is InChI=1S/C14H15F2NO4/c1-8-6-7-17(11(8)13(19)20)12(18)9-4-2-3-5-10(9)21-14(15)16/h2-5,8,11,14H,6-7H2,1H3,(H,19,20). The van der Waals surface area contributed by atoms with E-state index < -0.39 is 24.5 Å². The van der Waals surface area contributed by atoms with E-state index in [0.717, 1.165) is 0 Å². The maximum atomic E-state index is 12.4. The number of likely N-dealkylation sites (tertiary alicyclic amines) is 1. The first-order valence-electron chi connectivity index (χ1n) is 6.49. The molecule has 7 heteroatoms. The van der Waals surface area contributed by atoms with E-state index in [4.69, 9.17) is 0 Å². The van der Waals surface area contributed by atoms with Crippen molar-refractivity contribution in [1.29, 1.82) is 0 Å². The molecule has 1 saturated heterocycles. The van der Waals surface area contributed by atoms with E-state index in [1.54, 1.807) is 6.92 Å². The zero-order chi connectivity index (χ0) is 15.6. The lowest BCUT2D eigenvalue weighted by Crippen LogP contribution is -2.42. The molecule has 0 bridgehead atoms. The van der Waals surface area contributed by atoms with E-state index in [1.165, 1.54) is 29.2 Å². The number of amides is 1. The summed E-state index contributed by atoms with van der Waals surface area (Å²) in [5.41, 5.74) is -0.0573. The molecule has 21 heavy (non-hydrogen) atoms. The first-order valence-corrected chi connectivity index (χ1v) is 6.49. The molecule has 2 rings (SSSR count). The zero-order valence-electron chi connectivity index (χ0n) is 11.3. The Morgan fingerprint density at radius 2 is 2.05 bits per heavy atom. The van der Waals surface area contributed by atoms with Gasteiger partial charge in [-0.15, -0.1) is 0 Å². The molecule has 0 spiro atoms. The van der Waals surface area contributed by atoms with E-state index in [2.05, 4.69) is 4.74 Å². The Hall–Kier alpha value is -2.18. The normalized spacial score (nSPS) is 21.6. The van der Waals surface area contributed by atoms with Gasteiger partial charge in [0.05, 0.1) is 5.56 Å². The Balaban J connectivity index is 2.30. The van der Waals surface area contributed by atoms with Crippen molar-refractivity contribution in [2.75, 3.05) is 6.54 Å². The highest BCUT2D eigenvalue weighted by Crippen LogP contribution is 2.29. The molecule has 2 atom stereocenters. The van der Waals surface area contributed by atoms with Gasteiger partial charge >= 0.3 is 12.6 Å². The second-order valence-corrected chi connectivity index (χ2v) is 4.92. The maximum Gasteiger partial charge on any atom is 0.387 e. The van der Waals surface area contributed by atoms with Crippen LogP contribution < -0.4 is 4.74 Å². The molecule has 0 aliphatic carbocycles. The van der Waals surface area contributed by atoms with Gasteiger partial charge in [-0.25, -0.2) is 4.79 Å². The molecule has 114 valence electrons. The van der Waals surface area contributed by atoms with Gasteiger partial charge in [0.2, 0.25) is 0 Å². The number of carboxylic acids is 1. The first-order chi connectivity index (χ1) is 9.91.